The number of hydrogen-bond acceptors (Lipinski definition) is 5. The number of thiophene rings is 1. The monoisotopic (exact) mass is 471 g/mol. The highest BCUT2D eigenvalue weighted by Gasteiger charge is 2.14. The first-order valence-corrected chi connectivity index (χ1v) is 11.0. The minimum Gasteiger partial charge on any atom is -0.325 e. The summed E-state index contributed by atoms with van der Waals surface area (Å²) in [7, 11) is 0. The number of amides is 1. The standard InChI is InChI=1S/C20H14BrN3O2S2/c21-13-6-8-14(9-7-13)22-16(25)11-28-20-23-18(26)17-15(10-27-19(17)24-20)12-4-2-1-3-5-12/h1-10H,11H2,(H,22,25)(H,23,24,26). The molecule has 4 aromatic rings. The molecule has 28 heavy (non-hydrogen) atoms. The Kier molecular flexibility index (Phi) is 5.61. The highest BCUT2D eigenvalue weighted by Crippen LogP contribution is 2.31. The van der Waals surface area contributed by atoms with Crippen LogP contribution in [0.25, 0.3) is 21.3 Å². The van der Waals surface area contributed by atoms with Crippen LogP contribution in [-0.2, 0) is 4.79 Å². The molecule has 8 heteroatoms. The third-order valence-corrected chi connectivity index (χ3v) is 6.25. The van der Waals surface area contributed by atoms with E-state index in [1.807, 2.05) is 60.0 Å². The maximum atomic E-state index is 12.6. The first-order chi connectivity index (χ1) is 13.6. The molecule has 0 atom stereocenters. The Labute approximate surface area is 177 Å². The molecule has 2 aromatic carbocycles. The van der Waals surface area contributed by atoms with Crippen molar-refractivity contribution in [1.29, 1.82) is 0 Å². The molecule has 0 bridgehead atoms. The van der Waals surface area contributed by atoms with Crippen LogP contribution in [0.5, 0.6) is 0 Å². The Hall–Kier alpha value is -2.42. The summed E-state index contributed by atoms with van der Waals surface area (Å²) in [6.45, 7) is 0. The molecule has 4 rings (SSSR count). The number of H-pyrrole nitrogens is 1. The molecule has 2 heterocycles. The predicted octanol–water partition coefficient (Wildman–Crippen LogP) is 5.14. The van der Waals surface area contributed by atoms with Crippen LogP contribution in [0, 0.1) is 0 Å². The molecule has 0 spiro atoms. The van der Waals surface area contributed by atoms with E-state index in [4.69, 9.17) is 0 Å². The highest BCUT2D eigenvalue weighted by atomic mass is 79.9. The molecule has 5 nitrogen and oxygen atoms in total. The smallest absolute Gasteiger partial charge is 0.260 e. The van der Waals surface area contributed by atoms with Crippen LogP contribution in [0.1, 0.15) is 0 Å². The van der Waals surface area contributed by atoms with Gasteiger partial charge in [0.1, 0.15) is 4.83 Å². The summed E-state index contributed by atoms with van der Waals surface area (Å²) in [5, 5.41) is 5.78. The van der Waals surface area contributed by atoms with E-state index in [1.165, 1.54) is 23.1 Å². The second-order valence-electron chi connectivity index (χ2n) is 5.91. The van der Waals surface area contributed by atoms with Crippen LogP contribution in [0.2, 0.25) is 0 Å². The average Bonchev–Trinajstić information content (AvgIpc) is 3.13. The first kappa shape index (κ1) is 18.9. The van der Waals surface area contributed by atoms with Gasteiger partial charge >= 0.3 is 0 Å². The van der Waals surface area contributed by atoms with E-state index in [-0.39, 0.29) is 17.2 Å². The van der Waals surface area contributed by atoms with Crippen molar-refractivity contribution in [3.05, 3.63) is 74.8 Å². The number of anilines is 1. The zero-order chi connectivity index (χ0) is 19.5. The van der Waals surface area contributed by atoms with E-state index in [2.05, 4.69) is 31.2 Å². The van der Waals surface area contributed by atoms with Crippen molar-refractivity contribution < 1.29 is 4.79 Å². The molecule has 0 saturated carbocycles. The summed E-state index contributed by atoms with van der Waals surface area (Å²) >= 11 is 5.99. The number of rotatable bonds is 5. The number of hydrogen-bond donors (Lipinski definition) is 2. The van der Waals surface area contributed by atoms with E-state index < -0.39 is 0 Å². The molecule has 0 aliphatic rings. The first-order valence-electron chi connectivity index (χ1n) is 8.35. The zero-order valence-electron chi connectivity index (χ0n) is 14.4. The summed E-state index contributed by atoms with van der Waals surface area (Å²) in [6.07, 6.45) is 0. The molecule has 0 saturated heterocycles. The number of fused-ring (bicyclic) bond motifs is 1. The second kappa shape index (κ2) is 8.30. The summed E-state index contributed by atoms with van der Waals surface area (Å²) in [5.74, 6) is -0.00671. The number of nitrogens with zero attached hydrogens (tertiary/aromatic N) is 1. The van der Waals surface area contributed by atoms with E-state index in [1.54, 1.807) is 0 Å². The third-order valence-electron chi connectivity index (χ3n) is 3.97. The lowest BCUT2D eigenvalue weighted by molar-refractivity contribution is -0.113. The lowest BCUT2D eigenvalue weighted by atomic mass is 10.1. The van der Waals surface area contributed by atoms with Gasteiger partial charge in [-0.3, -0.25) is 9.59 Å². The van der Waals surface area contributed by atoms with Gasteiger partial charge in [-0.2, -0.15) is 0 Å². The van der Waals surface area contributed by atoms with Crippen molar-refractivity contribution in [3.63, 3.8) is 0 Å². The molecule has 0 fully saturated rings. The van der Waals surface area contributed by atoms with Crippen LogP contribution >= 0.6 is 39.0 Å². The van der Waals surface area contributed by atoms with Crippen molar-refractivity contribution in [2.75, 3.05) is 11.1 Å². The number of aromatic nitrogens is 2. The predicted molar refractivity (Wildman–Crippen MR) is 119 cm³/mol. The second-order valence-corrected chi connectivity index (χ2v) is 8.65. The fourth-order valence-corrected chi connectivity index (χ4v) is 4.62. The Bertz CT molecular complexity index is 1190. The summed E-state index contributed by atoms with van der Waals surface area (Å²) in [6, 6.07) is 17.1. The topological polar surface area (TPSA) is 74.8 Å². The van der Waals surface area contributed by atoms with Gasteiger partial charge in [0.05, 0.1) is 11.1 Å². The molecule has 0 radical (unpaired) electrons. The van der Waals surface area contributed by atoms with Crippen molar-refractivity contribution in [3.8, 4) is 11.1 Å². The average molecular weight is 472 g/mol. The van der Waals surface area contributed by atoms with Gasteiger partial charge in [-0.1, -0.05) is 58.0 Å². The lowest BCUT2D eigenvalue weighted by Crippen LogP contribution is -2.15. The number of nitrogens with one attached hydrogen (secondary N) is 2. The Morgan fingerprint density at radius 2 is 1.89 bits per heavy atom. The van der Waals surface area contributed by atoms with E-state index >= 15 is 0 Å². The molecule has 0 aliphatic carbocycles. The zero-order valence-corrected chi connectivity index (χ0v) is 17.7. The fraction of sp³-hybridized carbons (Fsp3) is 0.0500. The number of benzene rings is 2. The molecule has 1 amide bonds. The van der Waals surface area contributed by atoms with Crippen LogP contribution in [0.15, 0.2) is 74.4 Å². The van der Waals surface area contributed by atoms with Crippen LogP contribution < -0.4 is 10.9 Å². The third kappa shape index (κ3) is 4.19. The lowest BCUT2D eigenvalue weighted by Gasteiger charge is -2.05. The number of halogens is 1. The van der Waals surface area contributed by atoms with Gasteiger partial charge in [-0.25, -0.2) is 4.98 Å². The molecular weight excluding hydrogens is 458 g/mol. The Balaban J connectivity index is 1.50. The van der Waals surface area contributed by atoms with Crippen molar-refractivity contribution >= 4 is 60.8 Å². The van der Waals surface area contributed by atoms with E-state index in [9.17, 15) is 9.59 Å². The minimum atomic E-state index is -0.194. The summed E-state index contributed by atoms with van der Waals surface area (Å²) in [5.41, 5.74) is 2.38. The molecule has 140 valence electrons. The fourth-order valence-electron chi connectivity index (χ4n) is 2.69. The molecular formula is C20H14BrN3O2S2. The van der Waals surface area contributed by atoms with Gasteiger partial charge in [0.2, 0.25) is 5.91 Å². The largest absolute Gasteiger partial charge is 0.325 e. The summed E-state index contributed by atoms with van der Waals surface area (Å²) < 4.78 is 0.945. The number of aromatic amines is 1. The molecule has 2 N–H and O–H groups in total. The van der Waals surface area contributed by atoms with Gasteiger partial charge in [-0.05, 0) is 29.8 Å². The van der Waals surface area contributed by atoms with Crippen molar-refractivity contribution in [1.82, 2.24) is 9.97 Å². The van der Waals surface area contributed by atoms with Crippen molar-refractivity contribution in [2.45, 2.75) is 5.16 Å². The maximum absolute atomic E-state index is 12.6. The van der Waals surface area contributed by atoms with Gasteiger partial charge in [-0.15, -0.1) is 11.3 Å². The number of thioether (sulfide) groups is 1. The van der Waals surface area contributed by atoms with Gasteiger partial charge in [0.25, 0.3) is 5.56 Å². The normalized spacial score (nSPS) is 10.9. The Morgan fingerprint density at radius 1 is 1.14 bits per heavy atom. The number of carbonyl (C=O) groups excluding carboxylic acids is 1. The quantitative estimate of drug-likeness (QED) is 0.312. The van der Waals surface area contributed by atoms with Crippen LogP contribution in [0.4, 0.5) is 5.69 Å². The van der Waals surface area contributed by atoms with E-state index in [0.29, 0.717) is 15.4 Å². The Morgan fingerprint density at radius 3 is 2.64 bits per heavy atom. The molecule has 0 unspecified atom stereocenters. The molecule has 2 aromatic heterocycles. The van der Waals surface area contributed by atoms with Gasteiger partial charge in [0.15, 0.2) is 5.16 Å². The number of carbonyl (C=O) groups is 1. The highest BCUT2D eigenvalue weighted by molar-refractivity contribution is 9.10. The van der Waals surface area contributed by atoms with E-state index in [0.717, 1.165) is 21.3 Å². The molecule has 0 aliphatic heterocycles. The van der Waals surface area contributed by atoms with Crippen molar-refractivity contribution in [2.24, 2.45) is 0 Å². The minimum absolute atomic E-state index is 0.154. The van der Waals surface area contributed by atoms with Gasteiger partial charge < -0.3 is 10.3 Å². The SMILES string of the molecule is O=C(CSc1nc2scc(-c3ccccc3)c2c(=O)[nH]1)Nc1ccc(Br)cc1. The summed E-state index contributed by atoms with van der Waals surface area (Å²) in [4.78, 5) is 32.7. The van der Waals surface area contributed by atoms with Crippen LogP contribution in [-0.4, -0.2) is 21.6 Å². The maximum Gasteiger partial charge on any atom is 0.260 e. The van der Waals surface area contributed by atoms with Gasteiger partial charge in [0, 0.05) is 21.1 Å². The van der Waals surface area contributed by atoms with Crippen LogP contribution in [0.3, 0.4) is 0 Å².